The molecule has 0 saturated carbocycles. The zero-order valence-electron chi connectivity index (χ0n) is 10.5. The number of amides is 1. The minimum absolute atomic E-state index is 0. The van der Waals surface area contributed by atoms with Gasteiger partial charge >= 0.3 is 0 Å². The van der Waals surface area contributed by atoms with Crippen molar-refractivity contribution in [3.05, 3.63) is 0 Å². The van der Waals surface area contributed by atoms with Crippen LogP contribution in [-0.4, -0.2) is 50.2 Å². The van der Waals surface area contributed by atoms with Gasteiger partial charge in [0.2, 0.25) is 5.91 Å². The van der Waals surface area contributed by atoms with Crippen LogP contribution in [0, 0.1) is 5.92 Å². The molecular weight excluding hydrogens is 240 g/mol. The van der Waals surface area contributed by atoms with Gasteiger partial charge in [-0.2, -0.15) is 0 Å². The lowest BCUT2D eigenvalue weighted by Gasteiger charge is -2.34. The van der Waals surface area contributed by atoms with Crippen LogP contribution in [-0.2, 0) is 9.53 Å². The maximum Gasteiger partial charge on any atom is 0.228 e. The van der Waals surface area contributed by atoms with Gasteiger partial charge in [-0.15, -0.1) is 12.4 Å². The molecule has 5 heteroatoms. The van der Waals surface area contributed by atoms with E-state index in [1.807, 2.05) is 11.9 Å². The number of halogens is 1. The predicted molar refractivity (Wildman–Crippen MR) is 69.5 cm³/mol. The van der Waals surface area contributed by atoms with Crippen molar-refractivity contribution >= 4 is 18.3 Å². The van der Waals surface area contributed by atoms with E-state index in [-0.39, 0.29) is 24.2 Å². The van der Waals surface area contributed by atoms with Gasteiger partial charge in [0.1, 0.15) is 0 Å². The van der Waals surface area contributed by atoms with Crippen molar-refractivity contribution in [1.29, 1.82) is 0 Å². The van der Waals surface area contributed by atoms with Crippen molar-refractivity contribution < 1.29 is 9.53 Å². The lowest BCUT2D eigenvalue weighted by Crippen LogP contribution is -2.49. The first kappa shape index (κ1) is 14.7. The third-order valence-electron chi connectivity index (χ3n) is 3.68. The Balaban J connectivity index is 0.00000144. The monoisotopic (exact) mass is 262 g/mol. The Morgan fingerprint density at radius 2 is 2.18 bits per heavy atom. The largest absolute Gasteiger partial charge is 0.381 e. The quantitative estimate of drug-likeness (QED) is 0.809. The Hall–Kier alpha value is -0.320. The third-order valence-corrected chi connectivity index (χ3v) is 3.68. The van der Waals surface area contributed by atoms with Crippen LogP contribution in [0.2, 0.25) is 0 Å². The van der Waals surface area contributed by atoms with Crippen LogP contribution in [0.25, 0.3) is 0 Å². The van der Waals surface area contributed by atoms with E-state index in [1.54, 1.807) is 0 Å². The van der Waals surface area contributed by atoms with Gasteiger partial charge in [0.15, 0.2) is 0 Å². The molecule has 1 N–H and O–H groups in total. The molecule has 0 aliphatic carbocycles. The normalized spacial score (nSPS) is 29.2. The summed E-state index contributed by atoms with van der Waals surface area (Å²) in [6.45, 7) is 3.46. The minimum Gasteiger partial charge on any atom is -0.381 e. The number of likely N-dealkylation sites (N-methyl/N-ethyl adjacent to an activating group) is 1. The van der Waals surface area contributed by atoms with Gasteiger partial charge < -0.3 is 15.0 Å². The molecule has 0 bridgehead atoms. The average molecular weight is 263 g/mol. The molecule has 17 heavy (non-hydrogen) atoms. The van der Waals surface area contributed by atoms with E-state index in [0.29, 0.717) is 12.6 Å². The van der Waals surface area contributed by atoms with Gasteiger partial charge in [-0.3, -0.25) is 4.79 Å². The SMILES string of the molecule is CN(C(=O)C1CCCOC1)[C@@H]1CCCNC1.Cl. The number of nitrogens with one attached hydrogen (secondary N) is 1. The summed E-state index contributed by atoms with van der Waals surface area (Å²) < 4.78 is 5.38. The molecule has 2 rings (SSSR count). The van der Waals surface area contributed by atoms with Crippen LogP contribution in [0.5, 0.6) is 0 Å². The van der Waals surface area contributed by atoms with Crippen LogP contribution in [0.4, 0.5) is 0 Å². The van der Waals surface area contributed by atoms with Crippen LogP contribution < -0.4 is 5.32 Å². The van der Waals surface area contributed by atoms with Gasteiger partial charge in [0.25, 0.3) is 0 Å². The third kappa shape index (κ3) is 3.83. The molecule has 2 aliphatic heterocycles. The molecule has 2 atom stereocenters. The number of ether oxygens (including phenoxy) is 1. The van der Waals surface area contributed by atoms with Gasteiger partial charge in [-0.05, 0) is 32.2 Å². The number of carbonyl (C=O) groups is 1. The molecule has 4 nitrogen and oxygen atoms in total. The number of carbonyl (C=O) groups excluding carboxylic acids is 1. The second-order valence-corrected chi connectivity index (χ2v) is 4.86. The highest BCUT2D eigenvalue weighted by Crippen LogP contribution is 2.18. The molecule has 0 radical (unpaired) electrons. The van der Waals surface area contributed by atoms with E-state index in [0.717, 1.165) is 39.0 Å². The van der Waals surface area contributed by atoms with Crippen LogP contribution in [0.1, 0.15) is 25.7 Å². The lowest BCUT2D eigenvalue weighted by molar-refractivity contribution is -0.140. The molecule has 2 saturated heterocycles. The fourth-order valence-electron chi connectivity index (χ4n) is 2.57. The van der Waals surface area contributed by atoms with Crippen LogP contribution in [0.3, 0.4) is 0 Å². The molecule has 0 aromatic heterocycles. The first-order chi connectivity index (χ1) is 7.79. The molecule has 0 aromatic carbocycles. The summed E-state index contributed by atoms with van der Waals surface area (Å²) in [5, 5.41) is 3.35. The minimum atomic E-state index is 0. The maximum atomic E-state index is 12.2. The van der Waals surface area contributed by atoms with E-state index in [2.05, 4.69) is 5.32 Å². The number of rotatable bonds is 2. The molecule has 2 fully saturated rings. The Bertz CT molecular complexity index is 239. The van der Waals surface area contributed by atoms with Crippen molar-refractivity contribution in [2.75, 3.05) is 33.4 Å². The fraction of sp³-hybridized carbons (Fsp3) is 0.917. The highest BCUT2D eigenvalue weighted by molar-refractivity contribution is 5.85. The van der Waals surface area contributed by atoms with E-state index >= 15 is 0 Å². The molecule has 2 heterocycles. The van der Waals surface area contributed by atoms with Gasteiger partial charge in [0, 0.05) is 26.2 Å². The van der Waals surface area contributed by atoms with E-state index in [1.165, 1.54) is 6.42 Å². The molecular formula is C12H23ClN2O2. The number of hydrogen-bond acceptors (Lipinski definition) is 3. The smallest absolute Gasteiger partial charge is 0.228 e. The van der Waals surface area contributed by atoms with Crippen molar-refractivity contribution in [3.63, 3.8) is 0 Å². The molecule has 1 unspecified atom stereocenters. The molecule has 0 aromatic rings. The number of nitrogens with zero attached hydrogens (tertiary/aromatic N) is 1. The van der Waals surface area contributed by atoms with Gasteiger partial charge in [-0.25, -0.2) is 0 Å². The molecule has 1 amide bonds. The molecule has 2 aliphatic rings. The van der Waals surface area contributed by atoms with Crippen molar-refractivity contribution in [2.45, 2.75) is 31.7 Å². The van der Waals surface area contributed by atoms with Crippen LogP contribution in [0.15, 0.2) is 0 Å². The summed E-state index contributed by atoms with van der Waals surface area (Å²) in [6, 6.07) is 0.378. The van der Waals surface area contributed by atoms with Gasteiger partial charge in [0.05, 0.1) is 12.5 Å². The van der Waals surface area contributed by atoms with E-state index < -0.39 is 0 Å². The zero-order valence-corrected chi connectivity index (χ0v) is 11.3. The van der Waals surface area contributed by atoms with Crippen molar-refractivity contribution in [2.24, 2.45) is 5.92 Å². The Morgan fingerprint density at radius 1 is 1.35 bits per heavy atom. The standard InChI is InChI=1S/C12H22N2O2.ClH/c1-14(11-5-2-6-13-8-11)12(15)10-4-3-7-16-9-10;/h10-11,13H,2-9H2,1H3;1H/t10?,11-;/m1./s1. The predicted octanol–water partition coefficient (Wildman–Crippen LogP) is 1.05. The maximum absolute atomic E-state index is 12.2. The van der Waals surface area contributed by atoms with Crippen molar-refractivity contribution in [3.8, 4) is 0 Å². The molecule has 0 spiro atoms. The highest BCUT2D eigenvalue weighted by atomic mass is 35.5. The Morgan fingerprint density at radius 3 is 2.76 bits per heavy atom. The topological polar surface area (TPSA) is 41.6 Å². The molecule has 100 valence electrons. The average Bonchev–Trinajstić information content (AvgIpc) is 2.39. The number of piperidine rings is 1. The van der Waals surface area contributed by atoms with Crippen LogP contribution >= 0.6 is 12.4 Å². The second kappa shape index (κ2) is 7.19. The Kier molecular flexibility index (Phi) is 6.23. The zero-order chi connectivity index (χ0) is 11.4. The fourth-order valence-corrected chi connectivity index (χ4v) is 2.57. The highest BCUT2D eigenvalue weighted by Gasteiger charge is 2.29. The Labute approximate surface area is 109 Å². The first-order valence-corrected chi connectivity index (χ1v) is 6.34. The lowest BCUT2D eigenvalue weighted by atomic mass is 9.98. The number of hydrogen-bond donors (Lipinski definition) is 1. The first-order valence-electron chi connectivity index (χ1n) is 6.34. The van der Waals surface area contributed by atoms with E-state index in [9.17, 15) is 4.79 Å². The van der Waals surface area contributed by atoms with Gasteiger partial charge in [-0.1, -0.05) is 0 Å². The summed E-state index contributed by atoms with van der Waals surface area (Å²) in [6.07, 6.45) is 4.31. The summed E-state index contributed by atoms with van der Waals surface area (Å²) in [7, 11) is 1.94. The summed E-state index contributed by atoms with van der Waals surface area (Å²) in [4.78, 5) is 14.2. The van der Waals surface area contributed by atoms with E-state index in [4.69, 9.17) is 4.74 Å². The second-order valence-electron chi connectivity index (χ2n) is 4.86. The summed E-state index contributed by atoms with van der Waals surface area (Å²) in [5.41, 5.74) is 0. The summed E-state index contributed by atoms with van der Waals surface area (Å²) >= 11 is 0. The van der Waals surface area contributed by atoms with Crippen molar-refractivity contribution in [1.82, 2.24) is 10.2 Å². The summed E-state index contributed by atoms with van der Waals surface area (Å²) in [5.74, 6) is 0.370.